The highest BCUT2D eigenvalue weighted by Gasteiger charge is 2.24. The lowest BCUT2D eigenvalue weighted by Gasteiger charge is -2.26. The zero-order valence-electron chi connectivity index (χ0n) is 14.1. The van der Waals surface area contributed by atoms with Crippen LogP contribution in [0.25, 0.3) is 0 Å². The summed E-state index contributed by atoms with van der Waals surface area (Å²) in [6.45, 7) is 0.926. The van der Waals surface area contributed by atoms with Crippen molar-refractivity contribution in [3.8, 4) is 5.75 Å². The topological polar surface area (TPSA) is 55.4 Å². The zero-order valence-corrected chi connectivity index (χ0v) is 14.9. The summed E-state index contributed by atoms with van der Waals surface area (Å²) in [4.78, 5) is 0.629. The van der Waals surface area contributed by atoms with E-state index in [2.05, 4.69) is 5.32 Å². The molecule has 1 aliphatic carbocycles. The Kier molecular flexibility index (Phi) is 4.92. The molecule has 0 saturated heterocycles. The summed E-state index contributed by atoms with van der Waals surface area (Å²) in [6, 6.07) is 12.2. The Morgan fingerprint density at radius 3 is 2.71 bits per heavy atom. The van der Waals surface area contributed by atoms with E-state index in [9.17, 15) is 8.42 Å². The number of hydrogen-bond acceptors (Lipinski definition) is 4. The van der Waals surface area contributed by atoms with Gasteiger partial charge in [0.2, 0.25) is 9.84 Å². The number of sulfone groups is 1. The van der Waals surface area contributed by atoms with Gasteiger partial charge in [0.15, 0.2) is 0 Å². The van der Waals surface area contributed by atoms with E-state index < -0.39 is 9.84 Å². The van der Waals surface area contributed by atoms with E-state index in [4.69, 9.17) is 4.74 Å². The highest BCUT2D eigenvalue weighted by molar-refractivity contribution is 7.91. The van der Waals surface area contributed by atoms with Crippen LogP contribution in [0, 0.1) is 0 Å². The maximum Gasteiger partial charge on any atom is 0.206 e. The summed E-state index contributed by atoms with van der Waals surface area (Å²) >= 11 is 0. The average Bonchev–Trinajstić information content (AvgIpc) is 2.62. The molecule has 0 spiro atoms. The number of benzene rings is 2. The van der Waals surface area contributed by atoms with Crippen molar-refractivity contribution in [2.45, 2.75) is 35.0 Å². The second kappa shape index (κ2) is 6.95. The van der Waals surface area contributed by atoms with E-state index in [1.54, 1.807) is 30.3 Å². The van der Waals surface area contributed by atoms with E-state index in [1.807, 2.05) is 19.2 Å². The molecule has 2 aromatic rings. The standard InChI is InChI=1S/C19H23NO3S/c1-20-13-15-6-3-5-14-11-18(9-10-19(14)15)24(21,22)17-8-4-7-16(12-17)23-2/h4,7-12,15,20H,3,5-6,13H2,1-2H3. The van der Waals surface area contributed by atoms with Crippen LogP contribution < -0.4 is 10.1 Å². The molecule has 0 saturated carbocycles. The Morgan fingerprint density at radius 2 is 1.96 bits per heavy atom. The van der Waals surface area contributed by atoms with Crippen LogP contribution in [0.5, 0.6) is 5.75 Å². The summed E-state index contributed by atoms with van der Waals surface area (Å²) in [5.41, 5.74) is 2.44. The molecule has 1 unspecified atom stereocenters. The third-order valence-electron chi connectivity index (χ3n) is 4.67. The van der Waals surface area contributed by atoms with Crippen molar-refractivity contribution in [3.05, 3.63) is 53.6 Å². The van der Waals surface area contributed by atoms with Gasteiger partial charge in [-0.1, -0.05) is 12.1 Å². The monoisotopic (exact) mass is 345 g/mol. The Hall–Kier alpha value is -1.85. The smallest absolute Gasteiger partial charge is 0.206 e. The lowest BCUT2D eigenvalue weighted by atomic mass is 9.83. The van der Waals surface area contributed by atoms with E-state index in [-0.39, 0.29) is 4.90 Å². The summed E-state index contributed by atoms with van der Waals surface area (Å²) in [7, 11) is -0.0419. The Bertz CT molecular complexity index is 830. The average molecular weight is 345 g/mol. The number of likely N-dealkylation sites (N-methyl/N-ethyl adjacent to an activating group) is 1. The largest absolute Gasteiger partial charge is 0.497 e. The first-order valence-corrected chi connectivity index (χ1v) is 9.71. The van der Waals surface area contributed by atoms with Gasteiger partial charge in [0, 0.05) is 6.54 Å². The fraction of sp³-hybridized carbons (Fsp3) is 0.368. The predicted octanol–water partition coefficient (Wildman–Crippen LogP) is 3.17. The van der Waals surface area contributed by atoms with E-state index in [0.717, 1.165) is 31.4 Å². The Balaban J connectivity index is 2.00. The molecule has 2 aromatic carbocycles. The fourth-order valence-electron chi connectivity index (χ4n) is 3.42. The normalized spacial score (nSPS) is 17.3. The molecule has 0 heterocycles. The van der Waals surface area contributed by atoms with Crippen molar-refractivity contribution >= 4 is 9.84 Å². The fourth-order valence-corrected chi connectivity index (χ4v) is 4.77. The van der Waals surface area contributed by atoms with Gasteiger partial charge in [0.25, 0.3) is 0 Å². The SMILES string of the molecule is CNCC1CCCc2cc(S(=O)(=O)c3cccc(OC)c3)ccc21. The second-order valence-electron chi connectivity index (χ2n) is 6.19. The molecular formula is C19H23NO3S. The minimum Gasteiger partial charge on any atom is -0.497 e. The maximum atomic E-state index is 12.9. The molecule has 3 rings (SSSR count). The van der Waals surface area contributed by atoms with Crippen molar-refractivity contribution in [3.63, 3.8) is 0 Å². The van der Waals surface area contributed by atoms with Gasteiger partial charge in [-0.05, 0) is 73.7 Å². The third-order valence-corrected chi connectivity index (χ3v) is 6.41. The molecule has 4 nitrogen and oxygen atoms in total. The van der Waals surface area contributed by atoms with Gasteiger partial charge >= 0.3 is 0 Å². The number of fused-ring (bicyclic) bond motifs is 1. The summed E-state index contributed by atoms with van der Waals surface area (Å²) in [5.74, 6) is 1.01. The molecule has 0 aromatic heterocycles. The number of hydrogen-bond donors (Lipinski definition) is 1. The molecule has 1 atom stereocenters. The Labute approximate surface area is 143 Å². The van der Waals surface area contributed by atoms with Gasteiger partial charge in [-0.15, -0.1) is 0 Å². The van der Waals surface area contributed by atoms with Crippen molar-refractivity contribution in [1.82, 2.24) is 5.32 Å². The lowest BCUT2D eigenvalue weighted by Crippen LogP contribution is -2.21. The van der Waals surface area contributed by atoms with Crippen LogP contribution in [0.2, 0.25) is 0 Å². The maximum absolute atomic E-state index is 12.9. The minimum atomic E-state index is -3.53. The van der Waals surface area contributed by atoms with Gasteiger partial charge in [-0.25, -0.2) is 8.42 Å². The van der Waals surface area contributed by atoms with Gasteiger partial charge < -0.3 is 10.1 Å². The molecule has 0 bridgehead atoms. The number of ether oxygens (including phenoxy) is 1. The predicted molar refractivity (Wildman–Crippen MR) is 94.5 cm³/mol. The summed E-state index contributed by atoms with van der Waals surface area (Å²) in [5, 5.41) is 3.23. The molecule has 0 amide bonds. The quantitative estimate of drug-likeness (QED) is 0.904. The van der Waals surface area contributed by atoms with E-state index in [0.29, 0.717) is 16.6 Å². The molecule has 128 valence electrons. The van der Waals surface area contributed by atoms with Gasteiger partial charge in [0.1, 0.15) is 5.75 Å². The molecular weight excluding hydrogens is 322 g/mol. The van der Waals surface area contributed by atoms with Crippen LogP contribution in [-0.2, 0) is 16.3 Å². The van der Waals surface area contributed by atoms with Crippen LogP contribution in [0.4, 0.5) is 0 Å². The van der Waals surface area contributed by atoms with Crippen molar-refractivity contribution in [2.24, 2.45) is 0 Å². The first kappa shape index (κ1) is 17.0. The van der Waals surface area contributed by atoms with Gasteiger partial charge in [0.05, 0.1) is 16.9 Å². The third kappa shape index (κ3) is 3.19. The van der Waals surface area contributed by atoms with Crippen molar-refractivity contribution in [1.29, 1.82) is 0 Å². The number of rotatable bonds is 5. The van der Waals surface area contributed by atoms with Gasteiger partial charge in [-0.3, -0.25) is 0 Å². The highest BCUT2D eigenvalue weighted by Crippen LogP contribution is 2.34. The molecule has 5 heteroatoms. The van der Waals surface area contributed by atoms with Crippen LogP contribution in [0.3, 0.4) is 0 Å². The van der Waals surface area contributed by atoms with Crippen molar-refractivity contribution in [2.75, 3.05) is 20.7 Å². The number of nitrogens with one attached hydrogen (secondary N) is 1. The minimum absolute atomic E-state index is 0.268. The Morgan fingerprint density at radius 1 is 1.17 bits per heavy atom. The van der Waals surface area contributed by atoms with Crippen LogP contribution in [0.1, 0.15) is 29.9 Å². The van der Waals surface area contributed by atoms with E-state index in [1.165, 1.54) is 12.7 Å². The summed E-state index contributed by atoms with van der Waals surface area (Å²) < 4.78 is 31.0. The van der Waals surface area contributed by atoms with Gasteiger partial charge in [-0.2, -0.15) is 0 Å². The van der Waals surface area contributed by atoms with Crippen LogP contribution in [-0.4, -0.2) is 29.1 Å². The molecule has 0 fully saturated rings. The lowest BCUT2D eigenvalue weighted by molar-refractivity contribution is 0.413. The highest BCUT2D eigenvalue weighted by atomic mass is 32.2. The first-order valence-electron chi connectivity index (χ1n) is 8.23. The molecule has 0 radical (unpaired) electrons. The molecule has 24 heavy (non-hydrogen) atoms. The van der Waals surface area contributed by atoms with Crippen LogP contribution >= 0.6 is 0 Å². The molecule has 1 N–H and O–H groups in total. The molecule has 1 aliphatic rings. The summed E-state index contributed by atoms with van der Waals surface area (Å²) in [6.07, 6.45) is 3.19. The number of methoxy groups -OCH3 is 1. The molecule has 0 aliphatic heterocycles. The van der Waals surface area contributed by atoms with Crippen molar-refractivity contribution < 1.29 is 13.2 Å². The zero-order chi connectivity index (χ0) is 17.2. The van der Waals surface area contributed by atoms with E-state index >= 15 is 0 Å². The van der Waals surface area contributed by atoms with Crippen LogP contribution in [0.15, 0.2) is 52.3 Å². The first-order chi connectivity index (χ1) is 11.6. The number of aryl methyl sites for hydroxylation is 1. The second-order valence-corrected chi connectivity index (χ2v) is 8.14.